The van der Waals surface area contributed by atoms with E-state index in [-0.39, 0.29) is 23.2 Å². The van der Waals surface area contributed by atoms with Crippen LogP contribution in [0.4, 0.5) is 11.6 Å². The number of nitrogens with zero attached hydrogens (tertiary/aromatic N) is 4. The second kappa shape index (κ2) is 8.79. The van der Waals surface area contributed by atoms with Crippen molar-refractivity contribution in [3.63, 3.8) is 0 Å². The summed E-state index contributed by atoms with van der Waals surface area (Å²) in [5, 5.41) is 17.8. The molecule has 3 N–H and O–H groups in total. The molecule has 9 nitrogen and oxygen atoms in total. The van der Waals surface area contributed by atoms with Gasteiger partial charge in [-0.25, -0.2) is 9.97 Å². The minimum absolute atomic E-state index is 0.0406. The van der Waals surface area contributed by atoms with Gasteiger partial charge in [-0.1, -0.05) is 6.92 Å². The van der Waals surface area contributed by atoms with Crippen molar-refractivity contribution in [2.75, 3.05) is 43.5 Å². The van der Waals surface area contributed by atoms with E-state index >= 15 is 0 Å². The molecule has 0 bridgehead atoms. The zero-order valence-electron chi connectivity index (χ0n) is 16.6. The fourth-order valence-corrected chi connectivity index (χ4v) is 3.60. The predicted octanol–water partition coefficient (Wildman–Crippen LogP) is 1.71. The van der Waals surface area contributed by atoms with E-state index in [0.717, 1.165) is 51.3 Å². The molecule has 2 aliphatic heterocycles. The Morgan fingerprint density at radius 1 is 1.34 bits per heavy atom. The van der Waals surface area contributed by atoms with E-state index in [2.05, 4.69) is 43.0 Å². The van der Waals surface area contributed by atoms with Crippen LogP contribution in [0.25, 0.3) is 11.4 Å². The van der Waals surface area contributed by atoms with Crippen molar-refractivity contribution in [1.82, 2.24) is 25.5 Å². The zero-order chi connectivity index (χ0) is 20.1. The monoisotopic (exact) mass is 397 g/mol. The molecule has 2 aromatic heterocycles. The lowest BCUT2D eigenvalue weighted by atomic mass is 9.82. The van der Waals surface area contributed by atoms with Crippen LogP contribution in [0.5, 0.6) is 0 Å². The lowest BCUT2D eigenvalue weighted by molar-refractivity contribution is -0.119. The highest BCUT2D eigenvalue weighted by atomic mass is 16.5. The summed E-state index contributed by atoms with van der Waals surface area (Å²) >= 11 is 0. The van der Waals surface area contributed by atoms with Crippen LogP contribution in [-0.4, -0.2) is 58.9 Å². The van der Waals surface area contributed by atoms with Gasteiger partial charge in [0, 0.05) is 32.5 Å². The fourth-order valence-electron chi connectivity index (χ4n) is 3.60. The molecule has 4 rings (SSSR count). The van der Waals surface area contributed by atoms with E-state index in [1.807, 2.05) is 6.07 Å². The molecule has 0 spiro atoms. The molecular formula is C20H27N7O2. The van der Waals surface area contributed by atoms with E-state index in [1.54, 1.807) is 18.5 Å². The topological polar surface area (TPSA) is 114 Å². The standard InChI is InChI=1S/C20H27N7O2/c1-20(4-8-29-9-5-20)13-23-15-10-17(27-24-12-15)16-3-7-22-19(25-16)26-18(28)14-2-6-21-11-14/h3,7,10,12,14,21H,2,4-6,8-9,11,13H2,1H3,(H,23,27)(H,22,25,26,28). The molecule has 1 atom stereocenters. The number of ether oxygens (including phenoxy) is 1. The molecule has 0 aliphatic carbocycles. The lowest BCUT2D eigenvalue weighted by Crippen LogP contribution is -2.33. The Bertz CT molecular complexity index is 848. The van der Waals surface area contributed by atoms with Gasteiger partial charge in [-0.15, -0.1) is 5.10 Å². The molecule has 2 saturated heterocycles. The van der Waals surface area contributed by atoms with Crippen LogP contribution in [0.3, 0.4) is 0 Å². The van der Waals surface area contributed by atoms with Crippen molar-refractivity contribution in [3.8, 4) is 11.4 Å². The van der Waals surface area contributed by atoms with Crippen LogP contribution in [0.2, 0.25) is 0 Å². The van der Waals surface area contributed by atoms with Crippen LogP contribution in [0.15, 0.2) is 24.5 Å². The first-order valence-corrected chi connectivity index (χ1v) is 10.1. The first-order chi connectivity index (χ1) is 14.1. The maximum Gasteiger partial charge on any atom is 0.231 e. The van der Waals surface area contributed by atoms with Gasteiger partial charge < -0.3 is 15.4 Å². The molecule has 2 aliphatic rings. The van der Waals surface area contributed by atoms with Gasteiger partial charge in [0.2, 0.25) is 11.9 Å². The van der Waals surface area contributed by atoms with Gasteiger partial charge in [-0.05, 0) is 43.4 Å². The van der Waals surface area contributed by atoms with E-state index in [9.17, 15) is 4.79 Å². The molecular weight excluding hydrogens is 370 g/mol. The highest BCUT2D eigenvalue weighted by Crippen LogP contribution is 2.30. The van der Waals surface area contributed by atoms with Crippen molar-refractivity contribution >= 4 is 17.5 Å². The molecule has 0 radical (unpaired) electrons. The van der Waals surface area contributed by atoms with Gasteiger partial charge in [-0.3, -0.25) is 10.1 Å². The second-order valence-corrected chi connectivity index (χ2v) is 8.05. The number of carbonyl (C=O) groups is 1. The quantitative estimate of drug-likeness (QED) is 0.675. The molecule has 154 valence electrons. The summed E-state index contributed by atoms with van der Waals surface area (Å²) in [6.45, 7) is 6.30. The predicted molar refractivity (Wildman–Crippen MR) is 109 cm³/mol. The van der Waals surface area contributed by atoms with Gasteiger partial charge >= 0.3 is 0 Å². The SMILES string of the molecule is CC1(CNc2cnnc(-c3ccnc(NC(=O)C4CCNC4)n3)c2)CCOCC1. The smallest absolute Gasteiger partial charge is 0.231 e. The van der Waals surface area contributed by atoms with E-state index in [0.29, 0.717) is 17.9 Å². The molecule has 0 saturated carbocycles. The maximum atomic E-state index is 12.3. The first-order valence-electron chi connectivity index (χ1n) is 10.1. The minimum Gasteiger partial charge on any atom is -0.383 e. The van der Waals surface area contributed by atoms with Crippen molar-refractivity contribution in [2.45, 2.75) is 26.2 Å². The van der Waals surface area contributed by atoms with Crippen LogP contribution in [-0.2, 0) is 9.53 Å². The number of hydrogen-bond donors (Lipinski definition) is 3. The van der Waals surface area contributed by atoms with Crippen molar-refractivity contribution in [1.29, 1.82) is 0 Å². The Labute approximate surface area is 170 Å². The third-order valence-electron chi connectivity index (χ3n) is 5.66. The summed E-state index contributed by atoms with van der Waals surface area (Å²) in [5.41, 5.74) is 2.35. The maximum absolute atomic E-state index is 12.3. The molecule has 1 unspecified atom stereocenters. The lowest BCUT2D eigenvalue weighted by Gasteiger charge is -2.33. The Morgan fingerprint density at radius 2 is 2.21 bits per heavy atom. The number of aromatic nitrogens is 4. The van der Waals surface area contributed by atoms with Crippen molar-refractivity contribution in [3.05, 3.63) is 24.5 Å². The number of nitrogens with one attached hydrogen (secondary N) is 3. The summed E-state index contributed by atoms with van der Waals surface area (Å²) < 4.78 is 5.47. The van der Waals surface area contributed by atoms with Crippen LogP contribution in [0, 0.1) is 11.3 Å². The average Bonchev–Trinajstić information content (AvgIpc) is 3.29. The summed E-state index contributed by atoms with van der Waals surface area (Å²) in [6, 6.07) is 3.69. The third kappa shape index (κ3) is 5.04. The van der Waals surface area contributed by atoms with Gasteiger partial charge in [-0.2, -0.15) is 5.10 Å². The minimum atomic E-state index is -0.0571. The Kier molecular flexibility index (Phi) is 5.96. The first kappa shape index (κ1) is 19.7. The molecule has 9 heteroatoms. The fraction of sp³-hybridized carbons (Fsp3) is 0.550. The average molecular weight is 397 g/mol. The molecule has 2 aromatic rings. The summed E-state index contributed by atoms with van der Waals surface area (Å²) in [5.74, 6) is 0.189. The Morgan fingerprint density at radius 3 is 3.00 bits per heavy atom. The molecule has 1 amide bonds. The van der Waals surface area contributed by atoms with Gasteiger partial charge in [0.25, 0.3) is 0 Å². The number of amides is 1. The third-order valence-corrected chi connectivity index (χ3v) is 5.66. The van der Waals surface area contributed by atoms with E-state index in [4.69, 9.17) is 4.74 Å². The highest BCUT2D eigenvalue weighted by molar-refractivity contribution is 5.91. The Hall–Kier alpha value is -2.65. The number of carbonyl (C=O) groups excluding carboxylic acids is 1. The zero-order valence-corrected chi connectivity index (χ0v) is 16.6. The van der Waals surface area contributed by atoms with Crippen molar-refractivity contribution < 1.29 is 9.53 Å². The normalized spacial score (nSPS) is 20.9. The summed E-state index contributed by atoms with van der Waals surface area (Å²) in [4.78, 5) is 20.9. The largest absolute Gasteiger partial charge is 0.383 e. The Balaban J connectivity index is 1.43. The summed E-state index contributed by atoms with van der Waals surface area (Å²) in [6.07, 6.45) is 6.24. The number of rotatable bonds is 6. The number of anilines is 2. The van der Waals surface area contributed by atoms with E-state index < -0.39 is 0 Å². The molecule has 29 heavy (non-hydrogen) atoms. The number of hydrogen-bond acceptors (Lipinski definition) is 8. The van der Waals surface area contributed by atoms with Crippen LogP contribution in [0.1, 0.15) is 26.2 Å². The molecule has 0 aromatic carbocycles. The van der Waals surface area contributed by atoms with Crippen molar-refractivity contribution in [2.24, 2.45) is 11.3 Å². The summed E-state index contributed by atoms with van der Waals surface area (Å²) in [7, 11) is 0. The van der Waals surface area contributed by atoms with Gasteiger partial charge in [0.05, 0.1) is 23.5 Å². The highest BCUT2D eigenvalue weighted by Gasteiger charge is 2.27. The van der Waals surface area contributed by atoms with Gasteiger partial charge in [0.1, 0.15) is 5.69 Å². The second-order valence-electron chi connectivity index (χ2n) is 8.05. The van der Waals surface area contributed by atoms with Crippen LogP contribution >= 0.6 is 0 Å². The van der Waals surface area contributed by atoms with Gasteiger partial charge in [0.15, 0.2) is 0 Å². The van der Waals surface area contributed by atoms with E-state index in [1.165, 1.54) is 0 Å². The molecule has 2 fully saturated rings. The molecule has 4 heterocycles. The van der Waals surface area contributed by atoms with Crippen LogP contribution < -0.4 is 16.0 Å².